The second kappa shape index (κ2) is 13.0. The predicted molar refractivity (Wildman–Crippen MR) is 96.2 cm³/mol. The van der Waals surface area contributed by atoms with Crippen LogP contribution in [0.5, 0.6) is 5.75 Å². The number of rotatable bonds is 8. The second-order valence-corrected chi connectivity index (χ2v) is 6.05. The Balaban J connectivity index is 0.00000169. The molecule has 1 aliphatic rings. The zero-order valence-corrected chi connectivity index (χ0v) is 16.4. The van der Waals surface area contributed by atoms with Gasteiger partial charge in [-0.3, -0.25) is 4.90 Å². The number of halogens is 2. The second-order valence-electron chi connectivity index (χ2n) is 6.05. The highest BCUT2D eigenvalue weighted by Gasteiger charge is 2.08. The van der Waals surface area contributed by atoms with Crippen molar-refractivity contribution in [1.29, 1.82) is 0 Å². The average molecular weight is 397 g/mol. The summed E-state index contributed by atoms with van der Waals surface area (Å²) in [6, 6.07) is 18.6. The molecule has 2 aromatic carbocycles. The van der Waals surface area contributed by atoms with Gasteiger partial charge >= 0.3 is 0 Å². The van der Waals surface area contributed by atoms with E-state index in [9.17, 15) is 0 Å². The van der Waals surface area contributed by atoms with Crippen LogP contribution < -0.4 is 34.9 Å². The molecule has 144 valence electrons. The maximum atomic E-state index is 5.88. The molecule has 26 heavy (non-hydrogen) atoms. The van der Waals surface area contributed by atoms with E-state index in [2.05, 4.69) is 40.5 Å². The van der Waals surface area contributed by atoms with Crippen LogP contribution in [0.3, 0.4) is 0 Å². The molecule has 1 N–H and O–H groups in total. The standard InChI is InChI=1S/C20H26N2O2.2ClH/c1-2-5-18(6-3-1)17-24-20-8-4-7-19(15-20)16-21-9-10-22-11-13-23-14-12-22;;/h1-8,15,21H,9-14,16-17H2;2*1H/p-2. The number of hydrogen-bond acceptors (Lipinski definition) is 4. The van der Waals surface area contributed by atoms with Crippen molar-refractivity contribution in [2.45, 2.75) is 13.2 Å². The summed E-state index contributed by atoms with van der Waals surface area (Å²) in [6.07, 6.45) is 0. The first-order valence-electron chi connectivity index (χ1n) is 8.67. The molecule has 0 saturated carbocycles. The fraction of sp³-hybridized carbons (Fsp3) is 0.400. The molecule has 1 saturated heterocycles. The Bertz CT molecular complexity index is 608. The van der Waals surface area contributed by atoms with Gasteiger partial charge in [-0.1, -0.05) is 42.5 Å². The van der Waals surface area contributed by atoms with Crippen LogP contribution >= 0.6 is 0 Å². The molecule has 0 amide bonds. The molecule has 0 unspecified atom stereocenters. The highest BCUT2D eigenvalue weighted by Crippen LogP contribution is 2.15. The molecular formula is C20H26Cl2N2O2-2. The normalized spacial score (nSPS) is 14.2. The van der Waals surface area contributed by atoms with Gasteiger partial charge in [0.25, 0.3) is 0 Å². The van der Waals surface area contributed by atoms with Gasteiger partial charge in [0, 0.05) is 32.7 Å². The first-order valence-corrected chi connectivity index (χ1v) is 8.67. The van der Waals surface area contributed by atoms with Crippen LogP contribution in [0.1, 0.15) is 11.1 Å². The monoisotopic (exact) mass is 396 g/mol. The van der Waals surface area contributed by atoms with E-state index in [1.54, 1.807) is 0 Å². The van der Waals surface area contributed by atoms with Crippen molar-refractivity contribution in [2.75, 3.05) is 39.4 Å². The van der Waals surface area contributed by atoms with E-state index in [4.69, 9.17) is 9.47 Å². The Morgan fingerprint density at radius 3 is 2.42 bits per heavy atom. The van der Waals surface area contributed by atoms with Crippen molar-refractivity contribution in [2.24, 2.45) is 0 Å². The van der Waals surface area contributed by atoms with Gasteiger partial charge in [0.05, 0.1) is 13.2 Å². The summed E-state index contributed by atoms with van der Waals surface area (Å²) in [7, 11) is 0. The van der Waals surface area contributed by atoms with Crippen LogP contribution in [0.4, 0.5) is 0 Å². The van der Waals surface area contributed by atoms with E-state index in [1.165, 1.54) is 11.1 Å². The first-order chi connectivity index (χ1) is 11.9. The minimum atomic E-state index is 0. The third kappa shape index (κ3) is 7.94. The summed E-state index contributed by atoms with van der Waals surface area (Å²) in [5.41, 5.74) is 2.44. The van der Waals surface area contributed by atoms with Crippen molar-refractivity contribution in [3.05, 3.63) is 65.7 Å². The van der Waals surface area contributed by atoms with E-state index < -0.39 is 0 Å². The predicted octanol–water partition coefficient (Wildman–Crippen LogP) is -3.30. The van der Waals surface area contributed by atoms with Crippen molar-refractivity contribution in [3.8, 4) is 5.75 Å². The van der Waals surface area contributed by atoms with E-state index in [0.29, 0.717) is 6.61 Å². The summed E-state index contributed by atoms with van der Waals surface area (Å²) in [6.45, 7) is 7.36. The lowest BCUT2D eigenvalue weighted by molar-refractivity contribution is -0.00100. The molecule has 0 atom stereocenters. The minimum absolute atomic E-state index is 0. The Kier molecular flexibility index (Phi) is 11.3. The van der Waals surface area contributed by atoms with Gasteiger partial charge in [-0.15, -0.1) is 0 Å². The number of nitrogens with one attached hydrogen (secondary N) is 1. The molecule has 0 spiro atoms. The van der Waals surface area contributed by atoms with Crippen molar-refractivity contribution >= 4 is 0 Å². The smallest absolute Gasteiger partial charge is 0.120 e. The topological polar surface area (TPSA) is 33.7 Å². The van der Waals surface area contributed by atoms with Crippen molar-refractivity contribution in [1.82, 2.24) is 10.2 Å². The lowest BCUT2D eigenvalue weighted by atomic mass is 10.2. The molecule has 0 radical (unpaired) electrons. The maximum absolute atomic E-state index is 5.88. The molecule has 0 bridgehead atoms. The molecule has 1 fully saturated rings. The van der Waals surface area contributed by atoms with Crippen LogP contribution in [-0.2, 0) is 17.9 Å². The number of ether oxygens (including phenoxy) is 2. The lowest BCUT2D eigenvalue weighted by Crippen LogP contribution is -3.00. The molecule has 1 heterocycles. The Morgan fingerprint density at radius 1 is 0.923 bits per heavy atom. The van der Waals surface area contributed by atoms with Crippen LogP contribution in [0.25, 0.3) is 0 Å². The molecular weight excluding hydrogens is 371 g/mol. The van der Waals surface area contributed by atoms with Crippen LogP contribution in [0.2, 0.25) is 0 Å². The molecule has 1 aliphatic heterocycles. The zero-order valence-electron chi connectivity index (χ0n) is 14.9. The molecule has 0 aromatic heterocycles. The quantitative estimate of drug-likeness (QED) is 0.474. The highest BCUT2D eigenvalue weighted by atomic mass is 35.5. The summed E-state index contributed by atoms with van der Waals surface area (Å²) >= 11 is 0. The van der Waals surface area contributed by atoms with Gasteiger partial charge in [0.15, 0.2) is 0 Å². The number of hydrogen-bond donors (Lipinski definition) is 1. The van der Waals surface area contributed by atoms with Crippen LogP contribution in [0.15, 0.2) is 54.6 Å². The SMILES string of the molecule is [Cl-].[Cl-].c1ccc(COc2cccc(CNCCN3CCOCC3)c2)cc1. The van der Waals surface area contributed by atoms with Gasteiger partial charge in [-0.2, -0.15) is 0 Å². The van der Waals surface area contributed by atoms with Gasteiger partial charge < -0.3 is 39.6 Å². The fourth-order valence-corrected chi connectivity index (χ4v) is 2.78. The highest BCUT2D eigenvalue weighted by molar-refractivity contribution is 5.29. The largest absolute Gasteiger partial charge is 1.00 e. The van der Waals surface area contributed by atoms with E-state index in [1.807, 2.05) is 24.3 Å². The maximum Gasteiger partial charge on any atom is 0.120 e. The Hall–Kier alpha value is -1.30. The first kappa shape index (κ1) is 22.7. The molecule has 6 heteroatoms. The third-order valence-electron chi connectivity index (χ3n) is 4.18. The van der Waals surface area contributed by atoms with Gasteiger partial charge in [-0.05, 0) is 23.3 Å². The zero-order chi connectivity index (χ0) is 16.5. The van der Waals surface area contributed by atoms with Gasteiger partial charge in [-0.25, -0.2) is 0 Å². The molecule has 3 rings (SSSR count). The number of morpholine rings is 1. The van der Waals surface area contributed by atoms with E-state index in [-0.39, 0.29) is 24.8 Å². The van der Waals surface area contributed by atoms with Crippen molar-refractivity contribution < 1.29 is 34.3 Å². The molecule has 2 aromatic rings. The van der Waals surface area contributed by atoms with Gasteiger partial charge in [0.2, 0.25) is 0 Å². The summed E-state index contributed by atoms with van der Waals surface area (Å²) in [5, 5.41) is 3.51. The van der Waals surface area contributed by atoms with Crippen LogP contribution in [-0.4, -0.2) is 44.3 Å². The molecule has 0 aliphatic carbocycles. The lowest BCUT2D eigenvalue weighted by Gasteiger charge is -2.26. The Morgan fingerprint density at radius 2 is 1.65 bits per heavy atom. The number of benzene rings is 2. The number of nitrogens with zero attached hydrogens (tertiary/aromatic N) is 1. The fourth-order valence-electron chi connectivity index (χ4n) is 2.78. The van der Waals surface area contributed by atoms with Crippen molar-refractivity contribution in [3.63, 3.8) is 0 Å². The van der Waals surface area contributed by atoms with Gasteiger partial charge in [0.1, 0.15) is 12.4 Å². The average Bonchev–Trinajstić information content (AvgIpc) is 2.66. The summed E-state index contributed by atoms with van der Waals surface area (Å²) < 4.78 is 11.3. The summed E-state index contributed by atoms with van der Waals surface area (Å²) in [5.74, 6) is 0.923. The Labute approximate surface area is 168 Å². The van der Waals surface area contributed by atoms with Crippen LogP contribution in [0, 0.1) is 0 Å². The molecule has 4 nitrogen and oxygen atoms in total. The summed E-state index contributed by atoms with van der Waals surface area (Å²) in [4.78, 5) is 2.44. The third-order valence-corrected chi connectivity index (χ3v) is 4.18. The van der Waals surface area contributed by atoms with E-state index in [0.717, 1.165) is 51.7 Å². The van der Waals surface area contributed by atoms with E-state index >= 15 is 0 Å². The minimum Gasteiger partial charge on any atom is -1.00 e.